The highest BCUT2D eigenvalue weighted by atomic mass is 16.1. The van der Waals surface area contributed by atoms with Gasteiger partial charge in [0.15, 0.2) is 5.43 Å². The van der Waals surface area contributed by atoms with Crippen LogP contribution >= 0.6 is 0 Å². The highest BCUT2D eigenvalue weighted by molar-refractivity contribution is 5.81. The van der Waals surface area contributed by atoms with Crippen LogP contribution in [0.2, 0.25) is 0 Å². The zero-order valence-electron chi connectivity index (χ0n) is 19.8. The smallest absolute Gasteiger partial charge is 0.193 e. The van der Waals surface area contributed by atoms with E-state index < -0.39 is 0 Å². The number of aromatic nitrogens is 3. The van der Waals surface area contributed by atoms with Crippen LogP contribution in [0.15, 0.2) is 71.9 Å². The summed E-state index contributed by atoms with van der Waals surface area (Å²) < 4.78 is 0. The Morgan fingerprint density at radius 2 is 2.00 bits per heavy atom. The standard InChI is InChI=1S/C28H31N5O/c1-19-7-5-8-23-27(19)32-18-22(28(23)34)17-31-24-9-6-14-33(26-10-3-4-12-30-26)25(24)16-21-11-13-29-20(2)15-21/h3-5,7-8,10-13,15,18,24-25,31H,6,9,14,16-17H2,1-2H3,(H,32,34)/t24-,25?/m0/s1. The third kappa shape index (κ3) is 4.59. The van der Waals surface area contributed by atoms with E-state index in [1.807, 2.05) is 62.8 Å². The minimum Gasteiger partial charge on any atom is -0.360 e. The number of aromatic amines is 1. The summed E-state index contributed by atoms with van der Waals surface area (Å²) in [5, 5.41) is 4.49. The van der Waals surface area contributed by atoms with Gasteiger partial charge in [0.25, 0.3) is 0 Å². The van der Waals surface area contributed by atoms with Gasteiger partial charge < -0.3 is 15.2 Å². The number of H-pyrrole nitrogens is 1. The van der Waals surface area contributed by atoms with Crippen molar-refractivity contribution >= 4 is 16.7 Å². The number of benzene rings is 1. The third-order valence-corrected chi connectivity index (χ3v) is 6.88. The minimum absolute atomic E-state index is 0.101. The summed E-state index contributed by atoms with van der Waals surface area (Å²) in [4.78, 5) is 27.9. The molecular formula is C28H31N5O. The maximum absolute atomic E-state index is 13.2. The number of para-hydroxylation sites is 1. The van der Waals surface area contributed by atoms with Gasteiger partial charge in [-0.15, -0.1) is 0 Å². The zero-order chi connectivity index (χ0) is 23.5. The normalized spacial score (nSPS) is 18.4. The molecule has 0 amide bonds. The minimum atomic E-state index is 0.101. The van der Waals surface area contributed by atoms with E-state index in [0.717, 1.165) is 59.3 Å². The number of pyridine rings is 3. The van der Waals surface area contributed by atoms with E-state index in [2.05, 4.69) is 43.4 Å². The van der Waals surface area contributed by atoms with Crippen LogP contribution in [0, 0.1) is 13.8 Å². The molecule has 1 fully saturated rings. The van der Waals surface area contributed by atoms with E-state index >= 15 is 0 Å². The predicted octanol–water partition coefficient (Wildman–Crippen LogP) is 4.30. The van der Waals surface area contributed by atoms with Crippen molar-refractivity contribution in [2.45, 2.75) is 51.7 Å². The van der Waals surface area contributed by atoms with E-state index in [9.17, 15) is 4.79 Å². The van der Waals surface area contributed by atoms with Crippen molar-refractivity contribution < 1.29 is 0 Å². The lowest BCUT2D eigenvalue weighted by molar-refractivity contribution is 0.334. The van der Waals surface area contributed by atoms with Crippen LogP contribution in [0.4, 0.5) is 5.82 Å². The first-order valence-electron chi connectivity index (χ1n) is 12.0. The number of anilines is 1. The number of nitrogens with one attached hydrogen (secondary N) is 2. The van der Waals surface area contributed by atoms with E-state index in [4.69, 9.17) is 0 Å². The molecule has 6 nitrogen and oxygen atoms in total. The van der Waals surface area contributed by atoms with Crippen LogP contribution in [-0.4, -0.2) is 33.6 Å². The number of rotatable bonds is 6. The molecule has 1 saturated heterocycles. The van der Waals surface area contributed by atoms with E-state index in [1.165, 1.54) is 5.56 Å². The first kappa shape index (κ1) is 22.3. The third-order valence-electron chi connectivity index (χ3n) is 6.88. The van der Waals surface area contributed by atoms with Crippen molar-refractivity contribution in [1.82, 2.24) is 20.3 Å². The Morgan fingerprint density at radius 1 is 1.09 bits per heavy atom. The molecule has 2 atom stereocenters. The lowest BCUT2D eigenvalue weighted by atomic mass is 9.90. The Morgan fingerprint density at radius 3 is 2.82 bits per heavy atom. The highest BCUT2D eigenvalue weighted by Crippen LogP contribution is 2.26. The molecule has 1 aliphatic rings. The molecule has 5 rings (SSSR count). The monoisotopic (exact) mass is 453 g/mol. The molecule has 1 aliphatic heterocycles. The van der Waals surface area contributed by atoms with Crippen molar-refractivity contribution in [2.24, 2.45) is 0 Å². The summed E-state index contributed by atoms with van der Waals surface area (Å²) in [6.07, 6.45) is 8.64. The van der Waals surface area contributed by atoms with Gasteiger partial charge in [-0.3, -0.25) is 9.78 Å². The van der Waals surface area contributed by atoms with Gasteiger partial charge in [-0.1, -0.05) is 18.2 Å². The largest absolute Gasteiger partial charge is 0.360 e. The zero-order valence-corrected chi connectivity index (χ0v) is 19.8. The molecule has 0 aliphatic carbocycles. The second-order valence-corrected chi connectivity index (χ2v) is 9.23. The topological polar surface area (TPSA) is 73.9 Å². The molecule has 6 heteroatoms. The summed E-state index contributed by atoms with van der Waals surface area (Å²) in [5.74, 6) is 1.00. The average Bonchev–Trinajstić information content (AvgIpc) is 2.85. The predicted molar refractivity (Wildman–Crippen MR) is 137 cm³/mol. The fraction of sp³-hybridized carbons (Fsp3) is 0.321. The number of fused-ring (bicyclic) bond motifs is 1. The van der Waals surface area contributed by atoms with Gasteiger partial charge in [0.05, 0.1) is 5.52 Å². The molecule has 0 bridgehead atoms. The lowest BCUT2D eigenvalue weighted by Crippen LogP contribution is -2.55. The average molecular weight is 454 g/mol. The molecule has 4 heterocycles. The number of hydrogen-bond donors (Lipinski definition) is 2. The Hall–Kier alpha value is -3.51. The first-order chi connectivity index (χ1) is 16.6. The molecule has 1 unspecified atom stereocenters. The molecule has 174 valence electrons. The summed E-state index contributed by atoms with van der Waals surface area (Å²) in [6.45, 7) is 5.56. The van der Waals surface area contributed by atoms with E-state index in [0.29, 0.717) is 6.54 Å². The maximum atomic E-state index is 13.2. The van der Waals surface area contributed by atoms with Crippen molar-refractivity contribution in [1.29, 1.82) is 0 Å². The molecular weight excluding hydrogens is 422 g/mol. The van der Waals surface area contributed by atoms with Crippen molar-refractivity contribution in [2.75, 3.05) is 11.4 Å². The van der Waals surface area contributed by atoms with Crippen LogP contribution in [0.1, 0.15) is 35.2 Å². The summed E-state index contributed by atoms with van der Waals surface area (Å²) in [7, 11) is 0. The molecule has 0 saturated carbocycles. The molecule has 3 aromatic heterocycles. The van der Waals surface area contributed by atoms with Crippen LogP contribution in [-0.2, 0) is 13.0 Å². The van der Waals surface area contributed by atoms with E-state index in [1.54, 1.807) is 0 Å². The molecule has 2 N–H and O–H groups in total. The van der Waals surface area contributed by atoms with Crippen LogP contribution in [0.25, 0.3) is 10.9 Å². The Balaban J connectivity index is 1.42. The van der Waals surface area contributed by atoms with Gasteiger partial charge in [-0.2, -0.15) is 0 Å². The number of aryl methyl sites for hydroxylation is 2. The quantitative estimate of drug-likeness (QED) is 0.455. The van der Waals surface area contributed by atoms with Crippen molar-refractivity contribution in [3.63, 3.8) is 0 Å². The first-order valence-corrected chi connectivity index (χ1v) is 12.0. The van der Waals surface area contributed by atoms with Crippen LogP contribution in [0.3, 0.4) is 0 Å². The fourth-order valence-corrected chi connectivity index (χ4v) is 5.15. The Labute approximate surface area is 200 Å². The van der Waals surface area contributed by atoms with Crippen LogP contribution < -0.4 is 15.6 Å². The fourth-order valence-electron chi connectivity index (χ4n) is 5.15. The number of nitrogens with zero attached hydrogens (tertiary/aromatic N) is 3. The number of hydrogen-bond acceptors (Lipinski definition) is 5. The van der Waals surface area contributed by atoms with Gasteiger partial charge in [-0.25, -0.2) is 4.98 Å². The molecule has 1 aromatic carbocycles. The molecule has 34 heavy (non-hydrogen) atoms. The summed E-state index contributed by atoms with van der Waals surface area (Å²) >= 11 is 0. The van der Waals surface area contributed by atoms with Crippen molar-refractivity contribution in [3.05, 3.63) is 99.7 Å². The maximum Gasteiger partial charge on any atom is 0.193 e. The van der Waals surface area contributed by atoms with Crippen LogP contribution in [0.5, 0.6) is 0 Å². The summed E-state index contributed by atoms with van der Waals surface area (Å²) in [6, 6.07) is 16.7. The van der Waals surface area contributed by atoms with Gasteiger partial charge in [0.1, 0.15) is 5.82 Å². The second-order valence-electron chi connectivity index (χ2n) is 9.23. The Bertz CT molecular complexity index is 1330. The van der Waals surface area contributed by atoms with Gasteiger partial charge >= 0.3 is 0 Å². The molecule has 4 aromatic rings. The SMILES string of the molecule is Cc1cc(CC2[C@@H](NCc3c[nH]c4c(C)cccc4c3=O)CCCN2c2ccccn2)ccn1. The van der Waals surface area contributed by atoms with E-state index in [-0.39, 0.29) is 17.5 Å². The van der Waals surface area contributed by atoms with Crippen molar-refractivity contribution in [3.8, 4) is 0 Å². The highest BCUT2D eigenvalue weighted by Gasteiger charge is 2.32. The number of piperidine rings is 1. The van der Waals surface area contributed by atoms with Gasteiger partial charge in [-0.05, 0) is 74.6 Å². The lowest BCUT2D eigenvalue weighted by Gasteiger charge is -2.43. The van der Waals surface area contributed by atoms with Gasteiger partial charge in [0, 0.05) is 60.4 Å². The molecule has 0 spiro atoms. The van der Waals surface area contributed by atoms with Gasteiger partial charge in [0.2, 0.25) is 0 Å². The summed E-state index contributed by atoms with van der Waals surface area (Å²) in [5.41, 5.74) is 5.17. The second kappa shape index (κ2) is 9.77. The molecule has 0 radical (unpaired) electrons. The Kier molecular flexibility index (Phi) is 6.41.